The molecule has 2 aromatic rings. The number of anilines is 2. The van der Waals surface area contributed by atoms with Gasteiger partial charge in [-0.25, -0.2) is 0 Å². The molecule has 0 heterocycles. The molecule has 0 fully saturated rings. The van der Waals surface area contributed by atoms with Crippen molar-refractivity contribution < 1.29 is 9.59 Å². The van der Waals surface area contributed by atoms with Crippen LogP contribution in [0.1, 0.15) is 5.56 Å². The van der Waals surface area contributed by atoms with Crippen LogP contribution < -0.4 is 10.6 Å². The Kier molecular flexibility index (Phi) is 6.50. The van der Waals surface area contributed by atoms with Crippen LogP contribution in [0.5, 0.6) is 0 Å². The molecule has 2 rings (SSSR count). The predicted octanol–water partition coefficient (Wildman–Crippen LogP) is 3.96. The van der Waals surface area contributed by atoms with E-state index < -0.39 is 0 Å². The summed E-state index contributed by atoms with van der Waals surface area (Å²) in [5, 5.41) is 6.13. The fraction of sp³-hybridized carbons (Fsp3) is 0.176. The second kappa shape index (κ2) is 8.60. The number of carbonyl (C=O) groups is 2. The van der Waals surface area contributed by atoms with Crippen molar-refractivity contribution in [1.82, 2.24) is 0 Å². The van der Waals surface area contributed by atoms with Gasteiger partial charge in [0.2, 0.25) is 11.8 Å². The first-order chi connectivity index (χ1) is 11.0. The summed E-state index contributed by atoms with van der Waals surface area (Å²) in [6.45, 7) is 1.93. The van der Waals surface area contributed by atoms with E-state index in [0.29, 0.717) is 10.7 Å². The topological polar surface area (TPSA) is 58.2 Å². The quantitative estimate of drug-likeness (QED) is 0.830. The van der Waals surface area contributed by atoms with Crippen molar-refractivity contribution in [3.8, 4) is 0 Å². The van der Waals surface area contributed by atoms with Crippen LogP contribution in [0.2, 0.25) is 5.02 Å². The molecule has 6 heteroatoms. The minimum absolute atomic E-state index is 0.125. The SMILES string of the molecule is Cc1ccccc1NC(=O)CSCC(=O)Nc1cccc(Cl)c1. The molecule has 0 aliphatic rings. The summed E-state index contributed by atoms with van der Waals surface area (Å²) < 4.78 is 0. The van der Waals surface area contributed by atoms with Crippen LogP contribution in [-0.2, 0) is 9.59 Å². The van der Waals surface area contributed by atoms with E-state index in [2.05, 4.69) is 10.6 Å². The third kappa shape index (κ3) is 5.96. The molecule has 0 unspecified atom stereocenters. The lowest BCUT2D eigenvalue weighted by atomic mass is 10.2. The number of benzene rings is 2. The van der Waals surface area contributed by atoms with E-state index in [9.17, 15) is 9.59 Å². The summed E-state index contributed by atoms with van der Waals surface area (Å²) in [6, 6.07) is 14.5. The molecule has 2 N–H and O–H groups in total. The fourth-order valence-electron chi connectivity index (χ4n) is 1.90. The summed E-state index contributed by atoms with van der Waals surface area (Å²) in [5.41, 5.74) is 2.44. The average molecular weight is 349 g/mol. The lowest BCUT2D eigenvalue weighted by molar-refractivity contribution is -0.114. The summed E-state index contributed by atoms with van der Waals surface area (Å²) in [4.78, 5) is 23.7. The van der Waals surface area contributed by atoms with Crippen LogP contribution in [0.3, 0.4) is 0 Å². The lowest BCUT2D eigenvalue weighted by Gasteiger charge is -2.08. The predicted molar refractivity (Wildman–Crippen MR) is 97.2 cm³/mol. The second-order valence-corrected chi connectivity index (χ2v) is 6.34. The van der Waals surface area contributed by atoms with E-state index in [1.165, 1.54) is 11.8 Å². The highest BCUT2D eigenvalue weighted by atomic mass is 35.5. The Labute approximate surface area is 144 Å². The molecule has 0 aromatic heterocycles. The maximum Gasteiger partial charge on any atom is 0.234 e. The van der Waals surface area contributed by atoms with Gasteiger partial charge in [0.15, 0.2) is 0 Å². The van der Waals surface area contributed by atoms with Crippen LogP contribution in [0.25, 0.3) is 0 Å². The lowest BCUT2D eigenvalue weighted by Crippen LogP contribution is -2.18. The molecule has 0 radical (unpaired) electrons. The number of thioether (sulfide) groups is 1. The van der Waals surface area contributed by atoms with Gasteiger partial charge in [0.1, 0.15) is 0 Å². The van der Waals surface area contributed by atoms with Gasteiger partial charge < -0.3 is 10.6 Å². The van der Waals surface area contributed by atoms with Crippen molar-refractivity contribution in [2.45, 2.75) is 6.92 Å². The second-order valence-electron chi connectivity index (χ2n) is 4.91. The first kappa shape index (κ1) is 17.4. The number of carbonyl (C=O) groups excluding carboxylic acids is 2. The minimum atomic E-state index is -0.166. The maximum atomic E-state index is 11.9. The molecular weight excluding hydrogens is 332 g/mol. The van der Waals surface area contributed by atoms with Gasteiger partial charge in [0.05, 0.1) is 11.5 Å². The monoisotopic (exact) mass is 348 g/mol. The molecule has 4 nitrogen and oxygen atoms in total. The molecule has 23 heavy (non-hydrogen) atoms. The molecule has 0 aliphatic heterocycles. The largest absolute Gasteiger partial charge is 0.325 e. The number of nitrogens with one attached hydrogen (secondary N) is 2. The van der Waals surface area contributed by atoms with Crippen molar-refractivity contribution in [3.63, 3.8) is 0 Å². The van der Waals surface area contributed by atoms with Gasteiger partial charge in [0.25, 0.3) is 0 Å². The van der Waals surface area contributed by atoms with E-state index in [4.69, 9.17) is 11.6 Å². The summed E-state index contributed by atoms with van der Waals surface area (Å²) in [6.07, 6.45) is 0. The van der Waals surface area contributed by atoms with E-state index in [1.807, 2.05) is 31.2 Å². The zero-order valence-corrected chi connectivity index (χ0v) is 14.2. The smallest absolute Gasteiger partial charge is 0.234 e. The van der Waals surface area contributed by atoms with Gasteiger partial charge in [-0.05, 0) is 36.8 Å². The number of amides is 2. The molecular formula is C17H17ClN2O2S. The van der Waals surface area contributed by atoms with Crippen molar-refractivity contribution >= 4 is 46.6 Å². The Morgan fingerprint density at radius 1 is 1.00 bits per heavy atom. The summed E-state index contributed by atoms with van der Waals surface area (Å²) in [7, 11) is 0. The van der Waals surface area contributed by atoms with Gasteiger partial charge >= 0.3 is 0 Å². The number of hydrogen-bond donors (Lipinski definition) is 2. The van der Waals surface area contributed by atoms with E-state index in [1.54, 1.807) is 24.3 Å². The molecule has 0 aliphatic carbocycles. The fourth-order valence-corrected chi connectivity index (χ4v) is 2.71. The molecule has 0 spiro atoms. The Bertz CT molecular complexity index is 706. The zero-order chi connectivity index (χ0) is 16.7. The van der Waals surface area contributed by atoms with Crippen LogP contribution in [0.15, 0.2) is 48.5 Å². The molecule has 2 amide bonds. The average Bonchev–Trinajstić information content (AvgIpc) is 2.49. The number of para-hydroxylation sites is 1. The Hall–Kier alpha value is -1.98. The normalized spacial score (nSPS) is 10.2. The van der Waals surface area contributed by atoms with Crippen LogP contribution >= 0.6 is 23.4 Å². The summed E-state index contributed by atoms with van der Waals surface area (Å²) in [5.74, 6) is 0.131. The van der Waals surface area contributed by atoms with Gasteiger partial charge in [-0.1, -0.05) is 35.9 Å². The first-order valence-electron chi connectivity index (χ1n) is 7.03. The van der Waals surface area contributed by atoms with Crippen LogP contribution in [-0.4, -0.2) is 23.3 Å². The highest BCUT2D eigenvalue weighted by Crippen LogP contribution is 2.16. The zero-order valence-electron chi connectivity index (χ0n) is 12.6. The van der Waals surface area contributed by atoms with Gasteiger partial charge in [0, 0.05) is 16.4 Å². The van der Waals surface area contributed by atoms with E-state index in [0.717, 1.165) is 11.3 Å². The van der Waals surface area contributed by atoms with Crippen molar-refractivity contribution in [2.75, 3.05) is 22.1 Å². The van der Waals surface area contributed by atoms with E-state index in [-0.39, 0.29) is 23.3 Å². The highest BCUT2D eigenvalue weighted by Gasteiger charge is 2.07. The minimum Gasteiger partial charge on any atom is -0.325 e. The number of hydrogen-bond acceptors (Lipinski definition) is 3. The molecule has 0 saturated heterocycles. The molecule has 120 valence electrons. The number of aryl methyl sites for hydroxylation is 1. The third-order valence-electron chi connectivity index (χ3n) is 2.99. The van der Waals surface area contributed by atoms with Crippen molar-refractivity contribution in [2.24, 2.45) is 0 Å². The Balaban J connectivity index is 1.73. The summed E-state index contributed by atoms with van der Waals surface area (Å²) >= 11 is 7.12. The standard InChI is InChI=1S/C17H17ClN2O2S/c1-12-5-2-3-8-15(12)20-17(22)11-23-10-16(21)19-14-7-4-6-13(18)9-14/h2-9H,10-11H2,1H3,(H,19,21)(H,20,22). The van der Waals surface area contributed by atoms with Gasteiger partial charge in [-0.2, -0.15) is 0 Å². The molecule has 0 bridgehead atoms. The highest BCUT2D eigenvalue weighted by molar-refractivity contribution is 8.00. The van der Waals surface area contributed by atoms with Gasteiger partial charge in [-0.15, -0.1) is 11.8 Å². The van der Waals surface area contributed by atoms with Crippen LogP contribution in [0.4, 0.5) is 11.4 Å². The molecule has 0 atom stereocenters. The molecule has 0 saturated carbocycles. The Morgan fingerprint density at radius 3 is 2.39 bits per heavy atom. The number of rotatable bonds is 6. The number of halogens is 1. The van der Waals surface area contributed by atoms with Crippen molar-refractivity contribution in [1.29, 1.82) is 0 Å². The maximum absolute atomic E-state index is 11.9. The van der Waals surface area contributed by atoms with Crippen LogP contribution in [0, 0.1) is 6.92 Å². The third-order valence-corrected chi connectivity index (χ3v) is 4.16. The Morgan fingerprint density at radius 2 is 1.70 bits per heavy atom. The van der Waals surface area contributed by atoms with Gasteiger partial charge in [-0.3, -0.25) is 9.59 Å². The molecule has 2 aromatic carbocycles. The van der Waals surface area contributed by atoms with Crippen molar-refractivity contribution in [3.05, 3.63) is 59.1 Å². The first-order valence-corrected chi connectivity index (χ1v) is 8.56. The van der Waals surface area contributed by atoms with E-state index >= 15 is 0 Å².